The summed E-state index contributed by atoms with van der Waals surface area (Å²) in [5.41, 5.74) is 0. The Bertz CT molecular complexity index is 371. The van der Waals surface area contributed by atoms with Crippen molar-refractivity contribution in [1.29, 1.82) is 0 Å². The molecule has 0 radical (unpaired) electrons. The van der Waals surface area contributed by atoms with Crippen LogP contribution in [0, 0.1) is 0 Å². The lowest BCUT2D eigenvalue weighted by Crippen LogP contribution is -2.32. The van der Waals surface area contributed by atoms with Crippen molar-refractivity contribution in [1.82, 2.24) is 15.2 Å². The number of carbonyl (C=O) groups is 1. The summed E-state index contributed by atoms with van der Waals surface area (Å²) >= 11 is 1.77. The number of nitrogens with one attached hydrogen (secondary N) is 1. The van der Waals surface area contributed by atoms with Gasteiger partial charge in [-0.1, -0.05) is 0 Å². The topological polar surface area (TPSA) is 45.2 Å². The van der Waals surface area contributed by atoms with Crippen molar-refractivity contribution in [3.8, 4) is 0 Å². The zero-order valence-electron chi connectivity index (χ0n) is 9.69. The van der Waals surface area contributed by atoms with Gasteiger partial charge in [-0.05, 0) is 12.8 Å². The minimum atomic E-state index is 0.104. The van der Waals surface area contributed by atoms with Crippen LogP contribution in [0.2, 0.25) is 0 Å². The van der Waals surface area contributed by atoms with Gasteiger partial charge in [-0.15, -0.1) is 11.3 Å². The number of likely N-dealkylation sites (N-methyl/N-ethyl adjacent to an activating group) is 1. The van der Waals surface area contributed by atoms with Gasteiger partial charge in [-0.25, -0.2) is 4.98 Å². The van der Waals surface area contributed by atoms with Gasteiger partial charge in [0.2, 0.25) is 5.91 Å². The number of hydrogen-bond donors (Lipinski definition) is 1. The minimum absolute atomic E-state index is 0.104. The molecule has 88 valence electrons. The van der Waals surface area contributed by atoms with E-state index >= 15 is 0 Å². The molecule has 1 aromatic heterocycles. The second-order valence-electron chi connectivity index (χ2n) is 4.33. The molecular weight excluding hydrogens is 222 g/mol. The van der Waals surface area contributed by atoms with Gasteiger partial charge in [0, 0.05) is 37.6 Å². The van der Waals surface area contributed by atoms with E-state index in [4.69, 9.17) is 0 Å². The monoisotopic (exact) mass is 239 g/mol. The van der Waals surface area contributed by atoms with Gasteiger partial charge in [-0.3, -0.25) is 4.79 Å². The van der Waals surface area contributed by atoms with Crippen molar-refractivity contribution in [2.45, 2.75) is 25.3 Å². The zero-order chi connectivity index (χ0) is 11.5. The van der Waals surface area contributed by atoms with E-state index in [1.807, 2.05) is 6.20 Å². The molecular formula is C11H17N3OS. The van der Waals surface area contributed by atoms with Crippen LogP contribution in [0.25, 0.3) is 0 Å². The first-order chi connectivity index (χ1) is 7.66. The zero-order valence-corrected chi connectivity index (χ0v) is 10.5. The summed E-state index contributed by atoms with van der Waals surface area (Å²) < 4.78 is 0. The molecule has 16 heavy (non-hydrogen) atoms. The van der Waals surface area contributed by atoms with Gasteiger partial charge in [0.15, 0.2) is 0 Å². The third-order valence-electron chi connectivity index (χ3n) is 2.57. The molecule has 5 heteroatoms. The molecule has 0 aliphatic heterocycles. The Morgan fingerprint density at radius 2 is 2.38 bits per heavy atom. The predicted octanol–water partition coefficient (Wildman–Crippen LogP) is 1.20. The first kappa shape index (κ1) is 11.5. The highest BCUT2D eigenvalue weighted by molar-refractivity contribution is 7.11. The molecule has 0 unspecified atom stereocenters. The fourth-order valence-electron chi connectivity index (χ4n) is 1.37. The van der Waals surface area contributed by atoms with Crippen molar-refractivity contribution in [3.05, 3.63) is 16.1 Å². The first-order valence-corrected chi connectivity index (χ1v) is 6.34. The van der Waals surface area contributed by atoms with Crippen LogP contribution in [0.1, 0.15) is 28.6 Å². The molecule has 1 aliphatic rings. The Balaban J connectivity index is 1.74. The number of nitrogens with zero attached hydrogens (tertiary/aromatic N) is 2. The average Bonchev–Trinajstić information content (AvgIpc) is 2.99. The van der Waals surface area contributed by atoms with Crippen LogP contribution in [0.15, 0.2) is 6.20 Å². The van der Waals surface area contributed by atoms with Crippen LogP contribution in [0.4, 0.5) is 0 Å². The maximum Gasteiger partial charge on any atom is 0.236 e. The second kappa shape index (κ2) is 4.93. The summed E-state index contributed by atoms with van der Waals surface area (Å²) in [6.45, 7) is 1.13. The average molecular weight is 239 g/mol. The third-order valence-corrected chi connectivity index (χ3v) is 3.73. The largest absolute Gasteiger partial charge is 0.348 e. The van der Waals surface area contributed by atoms with E-state index in [9.17, 15) is 4.79 Å². The molecule has 1 saturated carbocycles. The van der Waals surface area contributed by atoms with Crippen LogP contribution >= 0.6 is 11.3 Å². The van der Waals surface area contributed by atoms with Crippen LogP contribution in [0.5, 0.6) is 0 Å². The number of aromatic nitrogens is 1. The number of amides is 1. The highest BCUT2D eigenvalue weighted by Gasteiger charge is 2.26. The molecule has 1 amide bonds. The predicted molar refractivity (Wildman–Crippen MR) is 64.5 cm³/mol. The number of carbonyl (C=O) groups excluding carboxylic acids is 1. The molecule has 1 N–H and O–H groups in total. The summed E-state index contributed by atoms with van der Waals surface area (Å²) in [6, 6.07) is 0. The second-order valence-corrected chi connectivity index (χ2v) is 5.48. The maximum absolute atomic E-state index is 11.3. The van der Waals surface area contributed by atoms with Crippen molar-refractivity contribution in [3.63, 3.8) is 0 Å². The van der Waals surface area contributed by atoms with E-state index < -0.39 is 0 Å². The summed E-state index contributed by atoms with van der Waals surface area (Å²) in [5, 5.41) is 4.39. The summed E-state index contributed by atoms with van der Waals surface area (Å²) in [4.78, 5) is 18.5. The van der Waals surface area contributed by atoms with Gasteiger partial charge >= 0.3 is 0 Å². The lowest BCUT2D eigenvalue weighted by Gasteiger charge is -2.09. The van der Waals surface area contributed by atoms with Crippen molar-refractivity contribution in [2.24, 2.45) is 0 Å². The molecule has 1 aliphatic carbocycles. The van der Waals surface area contributed by atoms with Crippen molar-refractivity contribution >= 4 is 17.2 Å². The van der Waals surface area contributed by atoms with E-state index in [1.165, 1.54) is 22.7 Å². The Hall–Kier alpha value is -0.940. The fourth-order valence-corrected chi connectivity index (χ4v) is 2.43. The van der Waals surface area contributed by atoms with E-state index in [0.29, 0.717) is 6.54 Å². The van der Waals surface area contributed by atoms with Crippen molar-refractivity contribution < 1.29 is 4.79 Å². The fraction of sp³-hybridized carbons (Fsp3) is 0.636. The molecule has 1 heterocycles. The Morgan fingerprint density at radius 3 is 3.00 bits per heavy atom. The maximum atomic E-state index is 11.3. The lowest BCUT2D eigenvalue weighted by atomic mass is 10.4. The number of hydrogen-bond acceptors (Lipinski definition) is 4. The van der Waals surface area contributed by atoms with Crippen LogP contribution < -0.4 is 5.32 Å². The van der Waals surface area contributed by atoms with E-state index in [2.05, 4.69) is 10.3 Å². The summed E-state index contributed by atoms with van der Waals surface area (Å²) in [5.74, 6) is 0.828. The van der Waals surface area contributed by atoms with Gasteiger partial charge in [0.1, 0.15) is 0 Å². The van der Waals surface area contributed by atoms with Gasteiger partial charge < -0.3 is 10.2 Å². The minimum Gasteiger partial charge on any atom is -0.348 e. The van der Waals surface area contributed by atoms with Gasteiger partial charge in [-0.2, -0.15) is 0 Å². The SMILES string of the molecule is CN(C)C(=O)CNCc1cnc(C2CC2)s1. The van der Waals surface area contributed by atoms with E-state index in [-0.39, 0.29) is 5.91 Å². The van der Waals surface area contributed by atoms with Crippen LogP contribution in [0.3, 0.4) is 0 Å². The number of thiazole rings is 1. The lowest BCUT2D eigenvalue weighted by molar-refractivity contribution is -0.127. The Kier molecular flexibility index (Phi) is 3.56. The van der Waals surface area contributed by atoms with E-state index in [0.717, 1.165) is 12.5 Å². The van der Waals surface area contributed by atoms with Crippen LogP contribution in [-0.2, 0) is 11.3 Å². The highest BCUT2D eigenvalue weighted by Crippen LogP contribution is 2.41. The third kappa shape index (κ3) is 3.02. The van der Waals surface area contributed by atoms with Gasteiger partial charge in [0.25, 0.3) is 0 Å². The smallest absolute Gasteiger partial charge is 0.236 e. The Morgan fingerprint density at radius 1 is 1.62 bits per heavy atom. The van der Waals surface area contributed by atoms with Crippen LogP contribution in [-0.4, -0.2) is 36.4 Å². The Labute approximate surface area is 99.7 Å². The van der Waals surface area contributed by atoms with Gasteiger partial charge in [0.05, 0.1) is 11.6 Å². The van der Waals surface area contributed by atoms with Crippen molar-refractivity contribution in [2.75, 3.05) is 20.6 Å². The summed E-state index contributed by atoms with van der Waals surface area (Å²) in [7, 11) is 3.53. The molecule has 0 spiro atoms. The molecule has 0 saturated heterocycles. The molecule has 0 atom stereocenters. The standard InChI is InChI=1S/C11H17N3OS/c1-14(2)10(15)7-12-5-9-6-13-11(16-9)8-3-4-8/h6,8,12H,3-5,7H2,1-2H3. The molecule has 1 aromatic rings. The van der Waals surface area contributed by atoms with E-state index in [1.54, 1.807) is 30.3 Å². The molecule has 4 nitrogen and oxygen atoms in total. The molecule has 0 aromatic carbocycles. The molecule has 0 bridgehead atoms. The normalized spacial score (nSPS) is 15.1. The highest BCUT2D eigenvalue weighted by atomic mass is 32.1. The quantitative estimate of drug-likeness (QED) is 0.839. The number of rotatable bonds is 5. The molecule has 2 rings (SSSR count). The molecule has 1 fully saturated rings. The first-order valence-electron chi connectivity index (χ1n) is 5.52. The summed E-state index contributed by atoms with van der Waals surface area (Å²) in [6.07, 6.45) is 4.50.